The van der Waals surface area contributed by atoms with Crippen molar-refractivity contribution in [1.29, 1.82) is 0 Å². The lowest BCUT2D eigenvalue weighted by Crippen LogP contribution is -2.27. The standard InChI is InChI=1S/C21H28N2O4S/c1-4-6-13-23(12-5-2)19-14-17(16(3)24)15-20(28(22,25)26)21(19)27-18-10-8-7-9-11-18/h7-11,14-15H,4-6,12-13H2,1-3H3,(H2,22,25,26). The van der Waals surface area contributed by atoms with E-state index in [0.29, 0.717) is 18.0 Å². The molecule has 0 unspecified atom stereocenters. The van der Waals surface area contributed by atoms with Gasteiger partial charge in [0.25, 0.3) is 0 Å². The second-order valence-electron chi connectivity index (χ2n) is 6.68. The van der Waals surface area contributed by atoms with Gasteiger partial charge in [0.15, 0.2) is 11.5 Å². The molecule has 0 aromatic heterocycles. The second kappa shape index (κ2) is 9.71. The fraction of sp³-hybridized carbons (Fsp3) is 0.381. The molecule has 0 aliphatic heterocycles. The lowest BCUT2D eigenvalue weighted by Gasteiger charge is -2.28. The zero-order valence-corrected chi connectivity index (χ0v) is 17.5. The van der Waals surface area contributed by atoms with Crippen LogP contribution in [-0.4, -0.2) is 27.3 Å². The van der Waals surface area contributed by atoms with E-state index < -0.39 is 10.0 Å². The number of hydrogen-bond acceptors (Lipinski definition) is 5. The number of ketones is 1. The molecule has 152 valence electrons. The molecule has 0 amide bonds. The molecule has 0 radical (unpaired) electrons. The number of hydrogen-bond donors (Lipinski definition) is 1. The Morgan fingerprint density at radius 3 is 2.29 bits per heavy atom. The van der Waals surface area contributed by atoms with Crippen LogP contribution in [0.3, 0.4) is 0 Å². The van der Waals surface area contributed by atoms with Crippen molar-refractivity contribution >= 4 is 21.5 Å². The minimum Gasteiger partial charge on any atom is -0.454 e. The molecule has 0 aliphatic rings. The Morgan fingerprint density at radius 2 is 1.75 bits per heavy atom. The van der Waals surface area contributed by atoms with Gasteiger partial charge in [-0.2, -0.15) is 0 Å². The van der Waals surface area contributed by atoms with E-state index in [1.807, 2.05) is 13.0 Å². The lowest BCUT2D eigenvalue weighted by atomic mass is 10.1. The first-order valence-electron chi connectivity index (χ1n) is 9.47. The van der Waals surface area contributed by atoms with Gasteiger partial charge in [0.2, 0.25) is 10.0 Å². The van der Waals surface area contributed by atoms with Crippen LogP contribution in [0.1, 0.15) is 50.4 Å². The number of ether oxygens (including phenoxy) is 1. The van der Waals surface area contributed by atoms with Crippen LogP contribution in [0.2, 0.25) is 0 Å². The summed E-state index contributed by atoms with van der Waals surface area (Å²) in [6, 6.07) is 11.9. The van der Waals surface area contributed by atoms with Crippen LogP contribution in [0.4, 0.5) is 5.69 Å². The van der Waals surface area contributed by atoms with Gasteiger partial charge >= 0.3 is 0 Å². The Labute approximate surface area is 167 Å². The van der Waals surface area contributed by atoms with Crippen LogP contribution in [0.15, 0.2) is 47.4 Å². The van der Waals surface area contributed by atoms with Crippen molar-refractivity contribution in [3.63, 3.8) is 0 Å². The van der Waals surface area contributed by atoms with Crippen molar-refractivity contribution in [1.82, 2.24) is 0 Å². The summed E-state index contributed by atoms with van der Waals surface area (Å²) in [7, 11) is -4.10. The summed E-state index contributed by atoms with van der Waals surface area (Å²) in [5, 5.41) is 5.49. The van der Waals surface area contributed by atoms with Gasteiger partial charge in [-0.25, -0.2) is 13.6 Å². The number of rotatable bonds is 10. The van der Waals surface area contributed by atoms with Crippen LogP contribution in [-0.2, 0) is 10.0 Å². The average Bonchev–Trinajstić information content (AvgIpc) is 2.65. The molecule has 0 atom stereocenters. The van der Waals surface area contributed by atoms with E-state index in [4.69, 9.17) is 9.88 Å². The Morgan fingerprint density at radius 1 is 1.07 bits per heavy atom. The van der Waals surface area contributed by atoms with Crippen LogP contribution >= 0.6 is 0 Å². The van der Waals surface area contributed by atoms with Crippen LogP contribution in [0, 0.1) is 0 Å². The van der Waals surface area contributed by atoms with Gasteiger partial charge in [0.1, 0.15) is 10.6 Å². The smallest absolute Gasteiger partial charge is 0.241 e. The second-order valence-corrected chi connectivity index (χ2v) is 8.21. The highest BCUT2D eigenvalue weighted by molar-refractivity contribution is 7.89. The van der Waals surface area contributed by atoms with E-state index in [1.54, 1.807) is 30.3 Å². The van der Waals surface area contributed by atoms with Crippen molar-refractivity contribution in [3.8, 4) is 11.5 Å². The van der Waals surface area contributed by atoms with Crippen molar-refractivity contribution < 1.29 is 17.9 Å². The predicted molar refractivity (Wildman–Crippen MR) is 112 cm³/mol. The highest BCUT2D eigenvalue weighted by Crippen LogP contribution is 2.39. The average molecular weight is 405 g/mol. The summed E-state index contributed by atoms with van der Waals surface area (Å²) in [6.07, 6.45) is 2.78. The number of primary sulfonamides is 1. The van der Waals surface area contributed by atoms with E-state index in [-0.39, 0.29) is 22.0 Å². The number of nitrogens with zero attached hydrogens (tertiary/aromatic N) is 1. The molecule has 2 rings (SSSR count). The SMILES string of the molecule is CCCCN(CCC)c1cc(C(C)=O)cc(S(N)(=O)=O)c1Oc1ccccc1. The first-order chi connectivity index (χ1) is 13.3. The first kappa shape index (κ1) is 21.9. The molecule has 0 heterocycles. The number of carbonyl (C=O) groups is 1. The number of carbonyl (C=O) groups excluding carboxylic acids is 1. The molecule has 0 aliphatic carbocycles. The van der Waals surface area contributed by atoms with Gasteiger partial charge in [-0.15, -0.1) is 0 Å². The summed E-state index contributed by atoms with van der Waals surface area (Å²) >= 11 is 0. The molecule has 0 fully saturated rings. The van der Waals surface area contributed by atoms with Gasteiger partial charge in [-0.3, -0.25) is 4.79 Å². The topological polar surface area (TPSA) is 89.7 Å². The largest absolute Gasteiger partial charge is 0.454 e. The number of Topliss-reactive ketones (excluding diaryl/α,β-unsaturated/α-hetero) is 1. The maximum absolute atomic E-state index is 12.3. The lowest BCUT2D eigenvalue weighted by molar-refractivity contribution is 0.101. The van der Waals surface area contributed by atoms with Gasteiger partial charge in [-0.1, -0.05) is 38.5 Å². The third-order valence-electron chi connectivity index (χ3n) is 4.33. The van der Waals surface area contributed by atoms with Crippen molar-refractivity contribution in [2.24, 2.45) is 5.14 Å². The van der Waals surface area contributed by atoms with E-state index in [0.717, 1.165) is 25.8 Å². The summed E-state index contributed by atoms with van der Waals surface area (Å²) in [6.45, 7) is 6.97. The maximum atomic E-state index is 12.3. The number of anilines is 1. The minimum atomic E-state index is -4.10. The molecule has 0 saturated heterocycles. The summed E-state index contributed by atoms with van der Waals surface area (Å²) in [5.41, 5.74) is 0.855. The summed E-state index contributed by atoms with van der Waals surface area (Å²) in [4.78, 5) is 13.9. The third kappa shape index (κ3) is 5.56. The highest BCUT2D eigenvalue weighted by Gasteiger charge is 2.25. The molecule has 7 heteroatoms. The van der Waals surface area contributed by atoms with Gasteiger partial charge in [0, 0.05) is 18.7 Å². The normalized spacial score (nSPS) is 11.3. The quantitative estimate of drug-likeness (QED) is 0.595. The van der Waals surface area contributed by atoms with Crippen LogP contribution in [0.25, 0.3) is 0 Å². The summed E-state index contributed by atoms with van der Waals surface area (Å²) in [5.74, 6) is 0.420. The molecule has 0 saturated carbocycles. The molecule has 2 N–H and O–H groups in total. The Hall–Kier alpha value is -2.38. The monoisotopic (exact) mass is 404 g/mol. The fourth-order valence-electron chi connectivity index (χ4n) is 2.92. The zero-order chi connectivity index (χ0) is 20.7. The Bertz CT molecular complexity index is 912. The van der Waals surface area contributed by atoms with Gasteiger partial charge < -0.3 is 9.64 Å². The van der Waals surface area contributed by atoms with E-state index in [2.05, 4.69) is 11.8 Å². The van der Waals surface area contributed by atoms with Gasteiger partial charge in [0.05, 0.1) is 5.69 Å². The first-order valence-corrected chi connectivity index (χ1v) is 11.0. The fourth-order valence-corrected chi connectivity index (χ4v) is 3.61. The highest BCUT2D eigenvalue weighted by atomic mass is 32.2. The Kier molecular flexibility index (Phi) is 7.60. The van der Waals surface area contributed by atoms with E-state index >= 15 is 0 Å². The molecule has 2 aromatic rings. The van der Waals surface area contributed by atoms with E-state index in [1.165, 1.54) is 13.0 Å². The third-order valence-corrected chi connectivity index (χ3v) is 5.24. The van der Waals surface area contributed by atoms with Crippen LogP contribution < -0.4 is 14.8 Å². The van der Waals surface area contributed by atoms with E-state index in [9.17, 15) is 13.2 Å². The minimum absolute atomic E-state index is 0.156. The van der Waals surface area contributed by atoms with Crippen molar-refractivity contribution in [2.75, 3.05) is 18.0 Å². The Balaban J connectivity index is 2.73. The number of nitrogens with two attached hydrogens (primary N) is 1. The predicted octanol–water partition coefficient (Wildman–Crippen LogP) is 4.35. The number of unbranched alkanes of at least 4 members (excludes halogenated alkanes) is 1. The van der Waals surface area contributed by atoms with Crippen molar-refractivity contribution in [3.05, 3.63) is 48.0 Å². The molecule has 2 aromatic carbocycles. The molecule has 28 heavy (non-hydrogen) atoms. The number of sulfonamides is 1. The number of para-hydroxylation sites is 1. The maximum Gasteiger partial charge on any atom is 0.241 e. The molecule has 6 nitrogen and oxygen atoms in total. The number of benzene rings is 2. The summed E-state index contributed by atoms with van der Waals surface area (Å²) < 4.78 is 30.7. The zero-order valence-electron chi connectivity index (χ0n) is 16.6. The molecular formula is C21H28N2O4S. The van der Waals surface area contributed by atoms with Gasteiger partial charge in [-0.05, 0) is 44.0 Å². The van der Waals surface area contributed by atoms with Crippen LogP contribution in [0.5, 0.6) is 11.5 Å². The molecule has 0 bridgehead atoms. The molecule has 0 spiro atoms. The molecular weight excluding hydrogens is 376 g/mol. The van der Waals surface area contributed by atoms with Crippen molar-refractivity contribution in [2.45, 2.75) is 44.9 Å².